The second kappa shape index (κ2) is 6.81. The van der Waals surface area contributed by atoms with Gasteiger partial charge in [-0.1, -0.05) is 73.4 Å². The maximum atomic E-state index is 12.0. The second-order valence-corrected chi connectivity index (χ2v) is 6.86. The average molecular weight is 342 g/mol. The molecule has 4 rings (SSSR count). The summed E-state index contributed by atoms with van der Waals surface area (Å²) < 4.78 is 2.10. The van der Waals surface area contributed by atoms with Gasteiger partial charge < -0.3 is 9.51 Å². The molecule has 0 aromatic heterocycles. The van der Waals surface area contributed by atoms with Crippen molar-refractivity contribution in [2.75, 3.05) is 5.32 Å². The van der Waals surface area contributed by atoms with E-state index in [1.807, 2.05) is 60.7 Å². The number of anilines is 1. The van der Waals surface area contributed by atoms with Crippen molar-refractivity contribution >= 4 is 29.2 Å². The Morgan fingerprint density at radius 1 is 0.846 bits per heavy atom. The number of hydrogen-bond acceptors (Lipinski definition) is 2. The summed E-state index contributed by atoms with van der Waals surface area (Å²) in [7, 11) is 0. The van der Waals surface area contributed by atoms with E-state index >= 15 is 0 Å². The van der Waals surface area contributed by atoms with Crippen LogP contribution in [-0.4, -0.2) is 21.8 Å². The lowest BCUT2D eigenvalue weighted by Crippen LogP contribution is -2.62. The first kappa shape index (κ1) is 16.6. The molecule has 0 amide bonds. The summed E-state index contributed by atoms with van der Waals surface area (Å²) in [5.74, 6) is 0.923. The molecule has 0 saturated heterocycles. The first-order valence-corrected chi connectivity index (χ1v) is 9.27. The molecule has 1 aliphatic heterocycles. The van der Waals surface area contributed by atoms with E-state index in [1.54, 1.807) is 0 Å². The van der Waals surface area contributed by atoms with Crippen molar-refractivity contribution in [3.05, 3.63) is 90.5 Å². The number of hydrogen-bond donors (Lipinski definition) is 2. The van der Waals surface area contributed by atoms with Crippen molar-refractivity contribution in [3.63, 3.8) is 0 Å². The van der Waals surface area contributed by atoms with Gasteiger partial charge in [-0.15, -0.1) is 6.32 Å². The molecule has 4 heteroatoms. The van der Waals surface area contributed by atoms with Gasteiger partial charge in [-0.2, -0.15) is 0 Å². The SMILES string of the molecule is CCC[B-]1(O)c2ccccc2NC(c2ccccc2)=[N+]1c1ccccc1. The van der Waals surface area contributed by atoms with Crippen LogP contribution < -0.4 is 10.8 Å². The van der Waals surface area contributed by atoms with Crippen LogP contribution in [0.2, 0.25) is 6.32 Å². The molecule has 1 atom stereocenters. The molecule has 130 valence electrons. The normalized spacial score (nSPS) is 19.0. The number of nitrogens with one attached hydrogen (secondary N) is 1. The second-order valence-electron chi connectivity index (χ2n) is 6.86. The van der Waals surface area contributed by atoms with Gasteiger partial charge in [-0.05, 0) is 30.3 Å². The zero-order valence-corrected chi connectivity index (χ0v) is 15.0. The summed E-state index contributed by atoms with van der Waals surface area (Å²) in [6, 6.07) is 28.5. The largest absolute Gasteiger partial charge is 0.564 e. The number of rotatable bonds is 4. The molecular weight excluding hydrogens is 319 g/mol. The third-order valence-corrected chi connectivity index (χ3v) is 5.15. The maximum absolute atomic E-state index is 12.0. The highest BCUT2D eigenvalue weighted by molar-refractivity contribution is 6.81. The van der Waals surface area contributed by atoms with E-state index in [9.17, 15) is 5.02 Å². The molecule has 0 fully saturated rings. The van der Waals surface area contributed by atoms with Crippen LogP contribution in [0.4, 0.5) is 11.4 Å². The van der Waals surface area contributed by atoms with Crippen molar-refractivity contribution in [2.45, 2.75) is 19.7 Å². The summed E-state index contributed by atoms with van der Waals surface area (Å²) in [4.78, 5) is 0. The fraction of sp³-hybridized carbons (Fsp3) is 0.136. The Morgan fingerprint density at radius 3 is 2.15 bits per heavy atom. The van der Waals surface area contributed by atoms with Crippen molar-refractivity contribution in [1.29, 1.82) is 0 Å². The molecule has 0 radical (unpaired) electrons. The number of para-hydroxylation sites is 2. The quantitative estimate of drug-likeness (QED) is 0.704. The minimum atomic E-state index is -1.93. The summed E-state index contributed by atoms with van der Waals surface area (Å²) in [6.07, 6.45) is 1.60. The van der Waals surface area contributed by atoms with Crippen LogP contribution in [-0.2, 0) is 0 Å². The zero-order valence-electron chi connectivity index (χ0n) is 15.0. The van der Waals surface area contributed by atoms with Gasteiger partial charge in [0.1, 0.15) is 0 Å². The highest BCUT2D eigenvalue weighted by Crippen LogP contribution is 2.28. The van der Waals surface area contributed by atoms with E-state index in [0.717, 1.165) is 34.7 Å². The van der Waals surface area contributed by atoms with Crippen LogP contribution in [0.15, 0.2) is 84.9 Å². The Balaban J connectivity index is 2.04. The van der Waals surface area contributed by atoms with Crippen LogP contribution >= 0.6 is 0 Å². The van der Waals surface area contributed by atoms with E-state index in [0.29, 0.717) is 6.32 Å². The first-order valence-electron chi connectivity index (χ1n) is 9.27. The molecule has 0 saturated carbocycles. The van der Waals surface area contributed by atoms with E-state index in [1.165, 1.54) is 0 Å². The number of benzene rings is 3. The van der Waals surface area contributed by atoms with Gasteiger partial charge in [0.25, 0.3) is 0 Å². The topological polar surface area (TPSA) is 35.3 Å². The fourth-order valence-electron chi connectivity index (χ4n) is 4.01. The Bertz CT molecular complexity index is 941. The minimum absolute atomic E-state index is 0.698. The number of amidine groups is 1. The number of fused-ring (bicyclic) bond motifs is 1. The molecule has 3 aromatic carbocycles. The highest BCUT2D eigenvalue weighted by atomic mass is 16.2. The fourth-order valence-corrected chi connectivity index (χ4v) is 4.01. The van der Waals surface area contributed by atoms with Gasteiger partial charge >= 0.3 is 6.48 Å². The Morgan fingerprint density at radius 2 is 1.46 bits per heavy atom. The molecule has 3 aromatic rings. The molecule has 2 N–H and O–H groups in total. The van der Waals surface area contributed by atoms with Crippen molar-refractivity contribution in [3.8, 4) is 0 Å². The van der Waals surface area contributed by atoms with Gasteiger partial charge in [-0.3, -0.25) is 0 Å². The van der Waals surface area contributed by atoms with Crippen molar-refractivity contribution in [1.82, 2.24) is 0 Å². The average Bonchev–Trinajstić information content (AvgIpc) is 2.69. The van der Waals surface area contributed by atoms with Crippen molar-refractivity contribution in [2.24, 2.45) is 0 Å². The predicted octanol–water partition coefficient (Wildman–Crippen LogP) is 3.95. The van der Waals surface area contributed by atoms with Crippen LogP contribution in [0.5, 0.6) is 0 Å². The predicted molar refractivity (Wildman–Crippen MR) is 110 cm³/mol. The van der Waals surface area contributed by atoms with Gasteiger partial charge in [0.05, 0.1) is 16.9 Å². The Kier molecular flexibility index (Phi) is 4.35. The van der Waals surface area contributed by atoms with Crippen LogP contribution in [0.25, 0.3) is 0 Å². The molecule has 0 spiro atoms. The van der Waals surface area contributed by atoms with Crippen molar-refractivity contribution < 1.29 is 9.51 Å². The van der Waals surface area contributed by atoms with E-state index in [-0.39, 0.29) is 0 Å². The minimum Gasteiger partial charge on any atom is -0.564 e. The van der Waals surface area contributed by atoms with Crippen LogP contribution in [0.3, 0.4) is 0 Å². The summed E-state index contributed by atoms with van der Waals surface area (Å²) >= 11 is 0. The maximum Gasteiger partial charge on any atom is 0.345 e. The molecule has 1 aliphatic rings. The lowest BCUT2D eigenvalue weighted by molar-refractivity contribution is -0.316. The van der Waals surface area contributed by atoms with Gasteiger partial charge in [0, 0.05) is 0 Å². The molecule has 26 heavy (non-hydrogen) atoms. The molecule has 3 nitrogen and oxygen atoms in total. The Hall–Kier alpha value is -2.85. The lowest BCUT2D eigenvalue weighted by atomic mass is 9.42. The van der Waals surface area contributed by atoms with Gasteiger partial charge in [0.15, 0.2) is 0 Å². The lowest BCUT2D eigenvalue weighted by Gasteiger charge is -2.41. The van der Waals surface area contributed by atoms with Gasteiger partial charge in [0.2, 0.25) is 5.84 Å². The summed E-state index contributed by atoms with van der Waals surface area (Å²) in [6.45, 7) is 0.189. The summed E-state index contributed by atoms with van der Waals surface area (Å²) in [5.41, 5.74) is 4.00. The van der Waals surface area contributed by atoms with Gasteiger partial charge in [-0.25, -0.2) is 5.32 Å². The third-order valence-electron chi connectivity index (χ3n) is 5.15. The molecule has 0 bridgehead atoms. The van der Waals surface area contributed by atoms with Crippen LogP contribution in [0.1, 0.15) is 18.9 Å². The molecule has 0 aliphatic carbocycles. The third kappa shape index (κ3) is 2.73. The first-order chi connectivity index (χ1) is 12.7. The zero-order chi connectivity index (χ0) is 18.0. The monoisotopic (exact) mass is 342 g/mol. The smallest absolute Gasteiger partial charge is 0.345 e. The summed E-state index contributed by atoms with van der Waals surface area (Å²) in [5, 5.41) is 15.6. The number of nitrogens with zero attached hydrogens (tertiary/aromatic N) is 1. The standard InChI is InChI=1S/C22H23BN2O/c1-2-17-23(26)20-15-9-10-16-21(20)24-22(18-11-5-3-6-12-18)25(23)19-13-7-4-8-14-19/h3-16,24,26H,2,17H2,1H3. The Labute approximate surface area is 154 Å². The highest BCUT2D eigenvalue weighted by Gasteiger charge is 2.42. The van der Waals surface area contributed by atoms with E-state index in [4.69, 9.17) is 0 Å². The molecule has 1 unspecified atom stereocenters. The van der Waals surface area contributed by atoms with E-state index in [2.05, 4.69) is 41.0 Å². The van der Waals surface area contributed by atoms with Crippen LogP contribution in [0, 0.1) is 0 Å². The molecular formula is C22H23BN2O. The molecule has 1 heterocycles. The van der Waals surface area contributed by atoms with E-state index < -0.39 is 6.48 Å².